The van der Waals surface area contributed by atoms with E-state index in [0.29, 0.717) is 6.61 Å². The highest BCUT2D eigenvalue weighted by atomic mass is 16.5. The second-order valence-corrected chi connectivity index (χ2v) is 7.16. The van der Waals surface area contributed by atoms with E-state index in [1.807, 2.05) is 18.2 Å². The summed E-state index contributed by atoms with van der Waals surface area (Å²) in [5.41, 5.74) is 2.41. The maximum absolute atomic E-state index is 5.78. The van der Waals surface area contributed by atoms with Crippen LogP contribution in [0.15, 0.2) is 48.6 Å². The molecule has 0 aromatic heterocycles. The number of hydrogen-bond acceptors (Lipinski definition) is 2. The number of benzene rings is 1. The minimum atomic E-state index is 0.0553. The van der Waals surface area contributed by atoms with E-state index in [9.17, 15) is 0 Å². The molecule has 1 rings (SSSR count). The molecule has 24 heavy (non-hydrogen) atoms. The zero-order chi connectivity index (χ0) is 18.0. The number of rotatable bonds is 8. The van der Waals surface area contributed by atoms with Crippen molar-refractivity contribution in [1.82, 2.24) is 4.90 Å². The van der Waals surface area contributed by atoms with Gasteiger partial charge in [0.25, 0.3) is 0 Å². The van der Waals surface area contributed by atoms with Crippen LogP contribution in [0.1, 0.15) is 39.7 Å². The summed E-state index contributed by atoms with van der Waals surface area (Å²) in [6, 6.07) is 8.26. The summed E-state index contributed by atoms with van der Waals surface area (Å²) in [5.74, 6) is 7.21. The molecule has 0 saturated heterocycles. The number of allylic oxidation sites excluding steroid dienone is 1. The molecule has 0 N–H and O–H groups in total. The highest BCUT2D eigenvalue weighted by Crippen LogP contribution is 2.15. The Balaban J connectivity index is 2.49. The van der Waals surface area contributed by atoms with Gasteiger partial charge < -0.3 is 4.74 Å². The van der Waals surface area contributed by atoms with E-state index in [2.05, 4.69) is 76.3 Å². The van der Waals surface area contributed by atoms with Crippen molar-refractivity contribution in [2.24, 2.45) is 5.41 Å². The number of hydrogen-bond donors (Lipinski definition) is 0. The monoisotopic (exact) mass is 325 g/mol. The lowest BCUT2D eigenvalue weighted by Gasteiger charge is -2.15. The summed E-state index contributed by atoms with van der Waals surface area (Å²) in [6.07, 6.45) is 4.99. The van der Waals surface area contributed by atoms with Crippen molar-refractivity contribution in [3.05, 3.63) is 54.1 Å². The number of likely N-dealkylation sites (N-methyl/N-ethyl adjacent to an activating group) is 1. The van der Waals surface area contributed by atoms with E-state index in [1.165, 1.54) is 5.56 Å². The minimum Gasteiger partial charge on any atom is -0.489 e. The molecule has 0 aliphatic carbocycles. The van der Waals surface area contributed by atoms with Gasteiger partial charge in [-0.05, 0) is 63.6 Å². The Hall–Kier alpha value is -1.98. The Labute approximate surface area is 148 Å². The Kier molecular flexibility index (Phi) is 8.36. The second-order valence-electron chi connectivity index (χ2n) is 7.16. The largest absolute Gasteiger partial charge is 0.489 e. The Bertz CT molecular complexity index is 611. The highest BCUT2D eigenvalue weighted by Gasteiger charge is 2.03. The standard InChI is InChI=1S/C22H31NO/c1-7-19(2)18-24-21-13-11-12-20(16-21)17-23(6)15-10-8-9-14-22(3,4)5/h8,10-13,16H,2,7,15,17-18H2,1,3-6H3. The van der Waals surface area contributed by atoms with Crippen LogP contribution in [0.25, 0.3) is 0 Å². The van der Waals surface area contributed by atoms with Crippen molar-refractivity contribution in [2.45, 2.75) is 40.7 Å². The first-order chi connectivity index (χ1) is 11.3. The third-order valence-electron chi connectivity index (χ3n) is 3.36. The summed E-state index contributed by atoms with van der Waals surface area (Å²) in [6.45, 7) is 14.8. The van der Waals surface area contributed by atoms with Gasteiger partial charge in [0.05, 0.1) is 0 Å². The quantitative estimate of drug-likeness (QED) is 0.489. The molecule has 0 unspecified atom stereocenters. The third-order valence-corrected chi connectivity index (χ3v) is 3.36. The SMILES string of the molecule is C=C(CC)COc1cccc(CN(C)CC=CC#CC(C)(C)C)c1. The van der Waals surface area contributed by atoms with Crippen LogP contribution in [0.4, 0.5) is 0 Å². The molecule has 0 amide bonds. The molecule has 2 nitrogen and oxygen atoms in total. The van der Waals surface area contributed by atoms with E-state index in [1.54, 1.807) is 0 Å². The van der Waals surface area contributed by atoms with E-state index >= 15 is 0 Å². The molecule has 1 aromatic carbocycles. The van der Waals surface area contributed by atoms with Gasteiger partial charge in [0.15, 0.2) is 0 Å². The second kappa shape index (κ2) is 10.0. The van der Waals surface area contributed by atoms with Gasteiger partial charge in [-0.1, -0.05) is 43.6 Å². The summed E-state index contributed by atoms with van der Waals surface area (Å²) < 4.78 is 5.78. The smallest absolute Gasteiger partial charge is 0.120 e. The molecular weight excluding hydrogens is 294 g/mol. The molecule has 0 aliphatic rings. The highest BCUT2D eigenvalue weighted by molar-refractivity contribution is 5.29. The first-order valence-electron chi connectivity index (χ1n) is 8.55. The average molecular weight is 325 g/mol. The topological polar surface area (TPSA) is 12.5 Å². The van der Waals surface area contributed by atoms with Crippen molar-refractivity contribution in [3.63, 3.8) is 0 Å². The van der Waals surface area contributed by atoms with Crippen LogP contribution in [0, 0.1) is 17.3 Å². The normalized spacial score (nSPS) is 11.4. The molecule has 0 aliphatic heterocycles. The molecule has 0 fully saturated rings. The van der Waals surface area contributed by atoms with Crippen LogP contribution in [0.5, 0.6) is 5.75 Å². The minimum absolute atomic E-state index is 0.0553. The lowest BCUT2D eigenvalue weighted by Crippen LogP contribution is -2.17. The van der Waals surface area contributed by atoms with Gasteiger partial charge in [0.1, 0.15) is 12.4 Å². The predicted molar refractivity (Wildman–Crippen MR) is 104 cm³/mol. The summed E-state index contributed by atoms with van der Waals surface area (Å²) in [7, 11) is 2.11. The summed E-state index contributed by atoms with van der Waals surface area (Å²) in [4.78, 5) is 2.25. The van der Waals surface area contributed by atoms with Crippen LogP contribution in [0.3, 0.4) is 0 Å². The molecular formula is C22H31NO. The van der Waals surface area contributed by atoms with E-state index in [-0.39, 0.29) is 5.41 Å². The molecule has 0 atom stereocenters. The molecule has 0 heterocycles. The molecule has 0 radical (unpaired) electrons. The Morgan fingerprint density at radius 1 is 1.33 bits per heavy atom. The van der Waals surface area contributed by atoms with Crippen LogP contribution in [0.2, 0.25) is 0 Å². The Morgan fingerprint density at radius 2 is 2.08 bits per heavy atom. The third kappa shape index (κ3) is 9.22. The molecule has 2 heteroatoms. The van der Waals surface area contributed by atoms with Crippen LogP contribution in [-0.4, -0.2) is 25.1 Å². The summed E-state index contributed by atoms with van der Waals surface area (Å²) in [5, 5.41) is 0. The Morgan fingerprint density at radius 3 is 2.75 bits per heavy atom. The fraction of sp³-hybridized carbons (Fsp3) is 0.455. The molecule has 1 aromatic rings. The van der Waals surface area contributed by atoms with Gasteiger partial charge in [-0.15, -0.1) is 0 Å². The fourth-order valence-corrected chi connectivity index (χ4v) is 1.95. The van der Waals surface area contributed by atoms with Crippen molar-refractivity contribution < 1.29 is 4.74 Å². The molecule has 0 saturated carbocycles. The van der Waals surface area contributed by atoms with Gasteiger partial charge in [-0.25, -0.2) is 0 Å². The molecule has 0 spiro atoms. The zero-order valence-corrected chi connectivity index (χ0v) is 15.9. The maximum atomic E-state index is 5.78. The van der Waals surface area contributed by atoms with E-state index in [4.69, 9.17) is 4.74 Å². The zero-order valence-electron chi connectivity index (χ0n) is 15.9. The molecule has 130 valence electrons. The van der Waals surface area contributed by atoms with Crippen molar-refractivity contribution in [2.75, 3.05) is 20.2 Å². The van der Waals surface area contributed by atoms with Crippen molar-refractivity contribution in [1.29, 1.82) is 0 Å². The fourth-order valence-electron chi connectivity index (χ4n) is 1.95. The van der Waals surface area contributed by atoms with Crippen molar-refractivity contribution >= 4 is 0 Å². The maximum Gasteiger partial charge on any atom is 0.120 e. The number of ether oxygens (including phenoxy) is 1. The lowest BCUT2D eigenvalue weighted by atomic mass is 9.98. The van der Waals surface area contributed by atoms with Gasteiger partial charge in [-0.2, -0.15) is 0 Å². The van der Waals surface area contributed by atoms with Crippen LogP contribution < -0.4 is 4.74 Å². The first-order valence-corrected chi connectivity index (χ1v) is 8.55. The average Bonchev–Trinajstić information content (AvgIpc) is 2.51. The van der Waals surface area contributed by atoms with Gasteiger partial charge in [0.2, 0.25) is 0 Å². The number of nitrogens with zero attached hydrogens (tertiary/aromatic N) is 1. The van der Waals surface area contributed by atoms with Crippen LogP contribution in [-0.2, 0) is 6.54 Å². The first kappa shape index (κ1) is 20.1. The van der Waals surface area contributed by atoms with Gasteiger partial charge in [-0.3, -0.25) is 4.90 Å². The summed E-state index contributed by atoms with van der Waals surface area (Å²) >= 11 is 0. The predicted octanol–water partition coefficient (Wildman–Crippen LogP) is 5.07. The lowest BCUT2D eigenvalue weighted by molar-refractivity contribution is 0.343. The van der Waals surface area contributed by atoms with Crippen LogP contribution >= 0.6 is 0 Å². The molecule has 0 bridgehead atoms. The van der Waals surface area contributed by atoms with E-state index < -0.39 is 0 Å². The van der Waals surface area contributed by atoms with E-state index in [0.717, 1.165) is 30.8 Å². The van der Waals surface area contributed by atoms with Gasteiger partial charge in [0, 0.05) is 18.5 Å². The van der Waals surface area contributed by atoms with Crippen molar-refractivity contribution in [3.8, 4) is 17.6 Å². The van der Waals surface area contributed by atoms with Gasteiger partial charge >= 0.3 is 0 Å².